The fraction of sp³-hybridized carbons (Fsp3) is 0.292. The third kappa shape index (κ3) is 4.34. The number of hydrogen-bond acceptors (Lipinski definition) is 6. The average Bonchev–Trinajstić information content (AvgIpc) is 3.23. The van der Waals surface area contributed by atoms with Crippen molar-refractivity contribution in [2.45, 2.75) is 32.7 Å². The predicted octanol–water partition coefficient (Wildman–Crippen LogP) is 4.02. The van der Waals surface area contributed by atoms with E-state index >= 15 is 0 Å². The summed E-state index contributed by atoms with van der Waals surface area (Å²) in [6, 6.07) is 11.8. The maximum atomic E-state index is 11.4. The Kier molecular flexibility index (Phi) is 5.37. The number of rotatable bonds is 4. The Morgan fingerprint density at radius 1 is 1.12 bits per heavy atom. The smallest absolute Gasteiger partial charge is 0.407 e. The Balaban J connectivity index is 1.58. The Hall–Kier alpha value is -4.01. The van der Waals surface area contributed by atoms with Crippen LogP contribution < -0.4 is 5.32 Å². The van der Waals surface area contributed by atoms with Crippen molar-refractivity contribution in [3.05, 3.63) is 60.2 Å². The SMILES string of the molecule is Cc1cc(-c2cc(N[C@@H]3CCCN(C(=O)O)C3)nc(-c3cnn4ccccc34)n2)cc(C)n1. The topological polar surface area (TPSA) is 109 Å². The number of nitrogens with zero attached hydrogens (tertiary/aromatic N) is 6. The van der Waals surface area contributed by atoms with E-state index < -0.39 is 6.09 Å². The molecule has 0 unspecified atom stereocenters. The van der Waals surface area contributed by atoms with E-state index in [2.05, 4.69) is 15.4 Å². The standard InChI is InChI=1S/C24H25N7O2/c1-15-10-17(11-16(2)26-15)20-12-22(27-18-6-5-8-30(14-18)24(32)33)29-23(28-20)19-13-25-31-9-4-3-7-21(19)31/h3-4,7,9-13,18H,5-6,8,14H2,1-2H3,(H,32,33)(H,27,28,29)/t18-/m1/s1. The summed E-state index contributed by atoms with van der Waals surface area (Å²) in [5.41, 5.74) is 5.31. The molecule has 5 heterocycles. The van der Waals surface area contributed by atoms with E-state index in [1.165, 1.54) is 4.90 Å². The molecule has 1 saturated heterocycles. The van der Waals surface area contributed by atoms with E-state index in [0.717, 1.165) is 46.6 Å². The van der Waals surface area contributed by atoms with Gasteiger partial charge in [-0.2, -0.15) is 5.10 Å². The molecule has 1 aliphatic heterocycles. The van der Waals surface area contributed by atoms with Crippen LogP contribution in [0.15, 0.2) is 48.8 Å². The molecule has 5 rings (SSSR count). The second-order valence-corrected chi connectivity index (χ2v) is 8.40. The summed E-state index contributed by atoms with van der Waals surface area (Å²) >= 11 is 0. The predicted molar refractivity (Wildman–Crippen MR) is 125 cm³/mol. The van der Waals surface area contributed by atoms with Gasteiger partial charge < -0.3 is 15.3 Å². The highest BCUT2D eigenvalue weighted by atomic mass is 16.4. The molecule has 0 saturated carbocycles. The van der Waals surface area contributed by atoms with Crippen LogP contribution in [0.2, 0.25) is 0 Å². The molecule has 9 nitrogen and oxygen atoms in total. The van der Waals surface area contributed by atoms with Crippen molar-refractivity contribution in [3.8, 4) is 22.6 Å². The van der Waals surface area contributed by atoms with E-state index in [-0.39, 0.29) is 6.04 Å². The van der Waals surface area contributed by atoms with Gasteiger partial charge in [-0.3, -0.25) is 4.98 Å². The molecule has 2 N–H and O–H groups in total. The maximum Gasteiger partial charge on any atom is 0.407 e. The van der Waals surface area contributed by atoms with Crippen LogP contribution in [0.3, 0.4) is 0 Å². The number of anilines is 1. The summed E-state index contributed by atoms with van der Waals surface area (Å²) in [5.74, 6) is 1.23. The zero-order valence-corrected chi connectivity index (χ0v) is 18.6. The van der Waals surface area contributed by atoms with Crippen LogP contribution in [0.4, 0.5) is 10.6 Å². The van der Waals surface area contributed by atoms with Gasteiger partial charge in [0.1, 0.15) is 5.82 Å². The van der Waals surface area contributed by atoms with Crippen molar-refractivity contribution in [2.24, 2.45) is 0 Å². The first-order chi connectivity index (χ1) is 16.0. The molecule has 1 amide bonds. The van der Waals surface area contributed by atoms with Gasteiger partial charge in [-0.15, -0.1) is 0 Å². The van der Waals surface area contributed by atoms with E-state index in [0.29, 0.717) is 24.7 Å². The van der Waals surface area contributed by atoms with Gasteiger partial charge in [-0.05, 0) is 51.0 Å². The van der Waals surface area contributed by atoms with Crippen molar-refractivity contribution in [1.82, 2.24) is 29.5 Å². The van der Waals surface area contributed by atoms with Crippen LogP contribution in [0, 0.1) is 13.8 Å². The lowest BCUT2D eigenvalue weighted by atomic mass is 10.1. The van der Waals surface area contributed by atoms with Crippen LogP contribution in [-0.4, -0.2) is 59.8 Å². The third-order valence-electron chi connectivity index (χ3n) is 5.81. The number of piperidine rings is 1. The molecule has 0 radical (unpaired) electrons. The summed E-state index contributed by atoms with van der Waals surface area (Å²) in [7, 11) is 0. The van der Waals surface area contributed by atoms with Gasteiger partial charge in [-0.1, -0.05) is 6.07 Å². The quantitative estimate of drug-likeness (QED) is 0.490. The number of aromatic nitrogens is 5. The molecule has 0 spiro atoms. The molecular weight excluding hydrogens is 418 g/mol. The summed E-state index contributed by atoms with van der Waals surface area (Å²) in [6.45, 7) is 4.91. The lowest BCUT2D eigenvalue weighted by molar-refractivity contribution is 0.133. The molecule has 0 bridgehead atoms. The van der Waals surface area contributed by atoms with Crippen molar-refractivity contribution in [1.29, 1.82) is 0 Å². The summed E-state index contributed by atoms with van der Waals surface area (Å²) < 4.78 is 1.80. The van der Waals surface area contributed by atoms with E-state index in [1.54, 1.807) is 10.7 Å². The Bertz CT molecular complexity index is 1310. The molecule has 168 valence electrons. The lowest BCUT2D eigenvalue weighted by Gasteiger charge is -2.31. The molecule has 0 aliphatic carbocycles. The van der Waals surface area contributed by atoms with Crippen LogP contribution in [0.1, 0.15) is 24.2 Å². The summed E-state index contributed by atoms with van der Waals surface area (Å²) in [5, 5.41) is 17.3. The number of amides is 1. The van der Waals surface area contributed by atoms with Crippen molar-refractivity contribution in [3.63, 3.8) is 0 Å². The van der Waals surface area contributed by atoms with Gasteiger partial charge in [0.25, 0.3) is 0 Å². The number of pyridine rings is 2. The Labute approximate surface area is 191 Å². The number of hydrogen-bond donors (Lipinski definition) is 2. The first-order valence-corrected chi connectivity index (χ1v) is 11.0. The summed E-state index contributed by atoms with van der Waals surface area (Å²) in [4.78, 5) is 27.1. The van der Waals surface area contributed by atoms with Crippen LogP contribution in [0.25, 0.3) is 28.2 Å². The van der Waals surface area contributed by atoms with Gasteiger partial charge in [0.05, 0.1) is 23.0 Å². The molecule has 1 fully saturated rings. The Morgan fingerprint density at radius 3 is 2.73 bits per heavy atom. The Morgan fingerprint density at radius 2 is 1.94 bits per heavy atom. The van der Waals surface area contributed by atoms with Crippen LogP contribution in [-0.2, 0) is 0 Å². The summed E-state index contributed by atoms with van der Waals surface area (Å²) in [6.07, 6.45) is 4.46. The minimum absolute atomic E-state index is 0.0183. The highest BCUT2D eigenvalue weighted by Crippen LogP contribution is 2.28. The number of aryl methyl sites for hydroxylation is 2. The normalized spacial score (nSPS) is 16.2. The minimum atomic E-state index is -0.889. The molecule has 33 heavy (non-hydrogen) atoms. The molecule has 9 heteroatoms. The highest BCUT2D eigenvalue weighted by Gasteiger charge is 2.24. The van der Waals surface area contributed by atoms with Gasteiger partial charge >= 0.3 is 6.09 Å². The largest absolute Gasteiger partial charge is 0.465 e. The molecule has 1 atom stereocenters. The van der Waals surface area contributed by atoms with Crippen LogP contribution >= 0.6 is 0 Å². The monoisotopic (exact) mass is 443 g/mol. The number of likely N-dealkylation sites (tertiary alicyclic amines) is 1. The maximum absolute atomic E-state index is 11.4. The zero-order valence-electron chi connectivity index (χ0n) is 18.6. The third-order valence-corrected chi connectivity index (χ3v) is 5.81. The second-order valence-electron chi connectivity index (χ2n) is 8.40. The van der Waals surface area contributed by atoms with E-state index in [9.17, 15) is 9.90 Å². The molecule has 0 aromatic carbocycles. The number of nitrogens with one attached hydrogen (secondary N) is 1. The van der Waals surface area contributed by atoms with Crippen molar-refractivity contribution < 1.29 is 9.90 Å². The molecule has 1 aliphatic rings. The lowest BCUT2D eigenvalue weighted by Crippen LogP contribution is -2.44. The van der Waals surface area contributed by atoms with Crippen LogP contribution in [0.5, 0.6) is 0 Å². The molecular formula is C24H25N7O2. The minimum Gasteiger partial charge on any atom is -0.465 e. The van der Waals surface area contributed by atoms with Gasteiger partial charge in [0.15, 0.2) is 5.82 Å². The van der Waals surface area contributed by atoms with Gasteiger partial charge in [0, 0.05) is 48.3 Å². The van der Waals surface area contributed by atoms with Crippen molar-refractivity contribution >= 4 is 17.4 Å². The second kappa shape index (κ2) is 8.50. The number of fused-ring (bicyclic) bond motifs is 1. The van der Waals surface area contributed by atoms with Gasteiger partial charge in [0.2, 0.25) is 0 Å². The van der Waals surface area contributed by atoms with E-state index in [1.807, 2.05) is 56.4 Å². The fourth-order valence-electron chi connectivity index (χ4n) is 4.36. The zero-order chi connectivity index (χ0) is 22.9. The number of carboxylic acid groups (broad SMARTS) is 1. The van der Waals surface area contributed by atoms with Gasteiger partial charge in [-0.25, -0.2) is 19.3 Å². The highest BCUT2D eigenvalue weighted by molar-refractivity contribution is 5.78. The first kappa shape index (κ1) is 20.9. The van der Waals surface area contributed by atoms with Crippen molar-refractivity contribution in [2.75, 3.05) is 18.4 Å². The molecule has 4 aromatic heterocycles. The first-order valence-electron chi connectivity index (χ1n) is 11.0. The van der Waals surface area contributed by atoms with E-state index in [4.69, 9.17) is 9.97 Å². The fourth-order valence-corrected chi connectivity index (χ4v) is 4.36. The average molecular weight is 444 g/mol. The molecule has 4 aromatic rings. The number of carbonyl (C=O) groups is 1.